The number of rotatable bonds is 0. The van der Waals surface area contributed by atoms with Crippen molar-refractivity contribution in [1.82, 2.24) is 4.98 Å². The first-order valence-corrected chi connectivity index (χ1v) is 6.54. The van der Waals surface area contributed by atoms with Crippen molar-refractivity contribution >= 4 is 16.6 Å². The Hall–Kier alpha value is -2.62. The first-order chi connectivity index (χ1) is 9.81. The highest BCUT2D eigenvalue weighted by atomic mass is 16.5. The van der Waals surface area contributed by atoms with Crippen LogP contribution in [0.1, 0.15) is 11.1 Å². The molecule has 4 heteroatoms. The van der Waals surface area contributed by atoms with Gasteiger partial charge >= 0.3 is 0 Å². The van der Waals surface area contributed by atoms with Gasteiger partial charge in [-0.25, -0.2) is 0 Å². The molecule has 0 spiro atoms. The highest BCUT2D eigenvalue weighted by molar-refractivity contribution is 5.94. The number of nitrogen functional groups attached to an aromatic ring is 1. The Morgan fingerprint density at radius 1 is 0.950 bits per heavy atom. The molecule has 0 bridgehead atoms. The van der Waals surface area contributed by atoms with Crippen molar-refractivity contribution in [2.24, 2.45) is 0 Å². The fraction of sp³-hybridized carbons (Fsp3) is 0.125. The number of fused-ring (bicyclic) bond motifs is 3. The van der Waals surface area contributed by atoms with Gasteiger partial charge in [0.25, 0.3) is 0 Å². The molecule has 1 aromatic heterocycles. The summed E-state index contributed by atoms with van der Waals surface area (Å²) in [5.74, 6) is 2.14. The van der Waals surface area contributed by atoms with Crippen LogP contribution in [0.2, 0.25) is 0 Å². The maximum Gasteiger partial charge on any atom is 0.162 e. The summed E-state index contributed by atoms with van der Waals surface area (Å²) in [6.45, 7) is 1.10. The van der Waals surface area contributed by atoms with Crippen molar-refractivity contribution in [3.05, 3.63) is 53.7 Å². The van der Waals surface area contributed by atoms with E-state index in [-0.39, 0.29) is 0 Å². The lowest BCUT2D eigenvalue weighted by atomic mass is 10.1. The fourth-order valence-corrected chi connectivity index (χ4v) is 2.54. The molecule has 0 fully saturated rings. The monoisotopic (exact) mass is 266 g/mol. The van der Waals surface area contributed by atoms with Gasteiger partial charge in [0.15, 0.2) is 11.5 Å². The molecular weight excluding hydrogens is 252 g/mol. The van der Waals surface area contributed by atoms with Gasteiger partial charge in [0.05, 0.1) is 0 Å². The zero-order valence-electron chi connectivity index (χ0n) is 10.8. The molecule has 1 aliphatic rings. The summed E-state index contributed by atoms with van der Waals surface area (Å²) in [5.41, 5.74) is 8.22. The molecule has 4 rings (SSSR count). The molecule has 0 amide bonds. The first-order valence-electron chi connectivity index (χ1n) is 6.54. The van der Waals surface area contributed by atoms with Gasteiger partial charge < -0.3 is 20.2 Å². The van der Waals surface area contributed by atoms with E-state index in [2.05, 4.69) is 17.1 Å². The Morgan fingerprint density at radius 2 is 1.60 bits per heavy atom. The predicted octanol–water partition coefficient (Wildman–Crippen LogP) is 3.22. The average Bonchev–Trinajstić information content (AvgIpc) is 2.81. The van der Waals surface area contributed by atoms with Crippen molar-refractivity contribution in [2.45, 2.75) is 13.2 Å². The Kier molecular flexibility index (Phi) is 2.36. The van der Waals surface area contributed by atoms with E-state index in [0.717, 1.165) is 33.4 Å². The summed E-state index contributed by atoms with van der Waals surface area (Å²) in [6.07, 6.45) is 1.88. The maximum absolute atomic E-state index is 5.90. The van der Waals surface area contributed by atoms with Gasteiger partial charge in [-0.05, 0) is 23.3 Å². The zero-order chi connectivity index (χ0) is 13.5. The number of benzene rings is 2. The van der Waals surface area contributed by atoms with Gasteiger partial charge in [0.1, 0.15) is 19.0 Å². The van der Waals surface area contributed by atoms with E-state index in [0.29, 0.717) is 19.0 Å². The standard InChI is InChI=1S/C16H14N2O2/c17-16-13-6-15-14(5-12(13)7-18-16)19-8-10-3-1-2-4-11(10)9-20-15/h1-7,18H,8-9,17H2. The SMILES string of the molecule is Nc1[nH]cc2cc3c(cc12)OCc1ccccc1CO3. The van der Waals surface area contributed by atoms with E-state index in [9.17, 15) is 0 Å². The Labute approximate surface area is 116 Å². The van der Waals surface area contributed by atoms with Crippen LogP contribution in [0, 0.1) is 0 Å². The number of nitrogens with two attached hydrogens (primary N) is 1. The lowest BCUT2D eigenvalue weighted by molar-refractivity contribution is 0.238. The topological polar surface area (TPSA) is 60.3 Å². The van der Waals surface area contributed by atoms with Crippen molar-refractivity contribution in [3.63, 3.8) is 0 Å². The summed E-state index contributed by atoms with van der Waals surface area (Å²) in [7, 11) is 0. The molecule has 0 atom stereocenters. The third-order valence-corrected chi connectivity index (χ3v) is 3.67. The molecule has 1 aliphatic heterocycles. The van der Waals surface area contributed by atoms with Gasteiger partial charge in [-0.15, -0.1) is 0 Å². The van der Waals surface area contributed by atoms with Crippen LogP contribution >= 0.6 is 0 Å². The van der Waals surface area contributed by atoms with Gasteiger partial charge in [0, 0.05) is 17.0 Å². The Morgan fingerprint density at radius 3 is 2.30 bits per heavy atom. The van der Waals surface area contributed by atoms with Crippen molar-refractivity contribution in [3.8, 4) is 11.5 Å². The van der Waals surface area contributed by atoms with E-state index in [1.54, 1.807) is 0 Å². The number of nitrogens with one attached hydrogen (secondary N) is 1. The first kappa shape index (κ1) is 11.2. The van der Waals surface area contributed by atoms with E-state index in [4.69, 9.17) is 15.2 Å². The summed E-state index contributed by atoms with van der Waals surface area (Å²) >= 11 is 0. The minimum Gasteiger partial charge on any atom is -0.485 e. The third-order valence-electron chi connectivity index (χ3n) is 3.67. The molecule has 2 aromatic carbocycles. The van der Waals surface area contributed by atoms with E-state index >= 15 is 0 Å². The fourth-order valence-electron chi connectivity index (χ4n) is 2.54. The minimum atomic E-state index is 0.544. The van der Waals surface area contributed by atoms with Crippen LogP contribution in [0.3, 0.4) is 0 Å². The van der Waals surface area contributed by atoms with Crippen molar-refractivity contribution in [2.75, 3.05) is 5.73 Å². The molecule has 0 saturated heterocycles. The second-order valence-electron chi connectivity index (χ2n) is 4.93. The molecule has 100 valence electrons. The molecule has 0 aliphatic carbocycles. The molecule has 0 saturated carbocycles. The number of hydrogen-bond acceptors (Lipinski definition) is 3. The third kappa shape index (κ3) is 1.69. The van der Waals surface area contributed by atoms with Crippen LogP contribution in [0.5, 0.6) is 11.5 Å². The number of hydrogen-bond donors (Lipinski definition) is 2. The average molecular weight is 266 g/mol. The second kappa shape index (κ2) is 4.20. The van der Waals surface area contributed by atoms with Crippen molar-refractivity contribution < 1.29 is 9.47 Å². The number of ether oxygens (including phenoxy) is 2. The van der Waals surface area contributed by atoms with Crippen LogP contribution < -0.4 is 15.2 Å². The molecule has 3 aromatic rings. The van der Waals surface area contributed by atoms with Crippen molar-refractivity contribution in [1.29, 1.82) is 0 Å². The summed E-state index contributed by atoms with van der Waals surface area (Å²) in [4.78, 5) is 3.01. The Bertz CT molecular complexity index is 792. The zero-order valence-corrected chi connectivity index (χ0v) is 10.8. The summed E-state index contributed by atoms with van der Waals surface area (Å²) in [6, 6.07) is 12.1. The van der Waals surface area contributed by atoms with E-state index < -0.39 is 0 Å². The van der Waals surface area contributed by atoms with Crippen LogP contribution in [0.15, 0.2) is 42.6 Å². The normalized spacial score (nSPS) is 13.6. The Balaban J connectivity index is 1.80. The minimum absolute atomic E-state index is 0.544. The second-order valence-corrected chi connectivity index (χ2v) is 4.93. The molecule has 0 radical (unpaired) electrons. The summed E-state index contributed by atoms with van der Waals surface area (Å²) in [5, 5.41) is 1.99. The van der Waals surface area contributed by atoms with E-state index in [1.165, 1.54) is 0 Å². The quantitative estimate of drug-likeness (QED) is 0.656. The predicted molar refractivity (Wildman–Crippen MR) is 77.8 cm³/mol. The van der Waals surface area contributed by atoms with Gasteiger partial charge in [-0.2, -0.15) is 0 Å². The molecule has 0 unspecified atom stereocenters. The molecule has 2 heterocycles. The lowest BCUT2D eigenvalue weighted by Crippen LogP contribution is -2.08. The molecule has 3 N–H and O–H groups in total. The number of aromatic amines is 1. The largest absolute Gasteiger partial charge is 0.485 e. The summed E-state index contributed by atoms with van der Waals surface area (Å²) < 4.78 is 11.8. The highest BCUT2D eigenvalue weighted by Crippen LogP contribution is 2.37. The molecular formula is C16H14N2O2. The molecule has 4 nitrogen and oxygen atoms in total. The highest BCUT2D eigenvalue weighted by Gasteiger charge is 2.15. The van der Waals surface area contributed by atoms with Gasteiger partial charge in [-0.1, -0.05) is 24.3 Å². The number of aromatic nitrogens is 1. The smallest absolute Gasteiger partial charge is 0.162 e. The lowest BCUT2D eigenvalue weighted by Gasteiger charge is -2.19. The van der Waals surface area contributed by atoms with E-state index in [1.807, 2.05) is 30.5 Å². The van der Waals surface area contributed by atoms with Gasteiger partial charge in [0.2, 0.25) is 0 Å². The van der Waals surface area contributed by atoms with Crippen LogP contribution in [-0.4, -0.2) is 4.98 Å². The molecule has 20 heavy (non-hydrogen) atoms. The number of anilines is 1. The van der Waals surface area contributed by atoms with Crippen LogP contribution in [0.4, 0.5) is 5.82 Å². The number of H-pyrrole nitrogens is 1. The van der Waals surface area contributed by atoms with Crippen LogP contribution in [-0.2, 0) is 13.2 Å². The maximum atomic E-state index is 5.90. The van der Waals surface area contributed by atoms with Gasteiger partial charge in [-0.3, -0.25) is 0 Å². The van der Waals surface area contributed by atoms with Crippen LogP contribution in [0.25, 0.3) is 10.8 Å².